The van der Waals surface area contributed by atoms with Gasteiger partial charge in [0.1, 0.15) is 4.88 Å². The highest BCUT2D eigenvalue weighted by Crippen LogP contribution is 2.24. The molecule has 2 aromatic rings. The molecule has 0 unspecified atom stereocenters. The monoisotopic (exact) mass is 274 g/mol. The summed E-state index contributed by atoms with van der Waals surface area (Å²) in [4.78, 5) is 17.1. The van der Waals surface area contributed by atoms with Gasteiger partial charge >= 0.3 is 0 Å². The lowest BCUT2D eigenvalue weighted by molar-refractivity contribution is 0.0956. The highest BCUT2D eigenvalue weighted by molar-refractivity contribution is 7.12. The first kappa shape index (κ1) is 13.7. The van der Waals surface area contributed by atoms with Crippen molar-refractivity contribution >= 4 is 17.2 Å². The average molecular weight is 274 g/mol. The molecule has 0 aliphatic heterocycles. The predicted octanol–water partition coefficient (Wildman–Crippen LogP) is 3.59. The molecule has 0 aliphatic carbocycles. The van der Waals surface area contributed by atoms with E-state index in [2.05, 4.69) is 24.1 Å². The Morgan fingerprint density at radius 1 is 1.32 bits per heavy atom. The van der Waals surface area contributed by atoms with Crippen molar-refractivity contribution in [2.24, 2.45) is 5.92 Å². The SMILES string of the molecule is CC(C)CCNC(=O)c1scnc1-c1ccccc1. The van der Waals surface area contributed by atoms with Crippen LogP contribution in [0.5, 0.6) is 0 Å². The zero-order valence-electron chi connectivity index (χ0n) is 11.2. The standard InChI is InChI=1S/C15H18N2OS/c1-11(2)8-9-16-15(18)14-13(17-10-19-14)12-6-4-3-5-7-12/h3-7,10-11H,8-9H2,1-2H3,(H,16,18). The van der Waals surface area contributed by atoms with E-state index >= 15 is 0 Å². The molecule has 1 aromatic carbocycles. The molecule has 100 valence electrons. The quantitative estimate of drug-likeness (QED) is 0.905. The fourth-order valence-electron chi connectivity index (χ4n) is 1.76. The molecule has 0 radical (unpaired) electrons. The van der Waals surface area contributed by atoms with Gasteiger partial charge in [-0.15, -0.1) is 11.3 Å². The fraction of sp³-hybridized carbons (Fsp3) is 0.333. The van der Waals surface area contributed by atoms with Gasteiger partial charge in [0.25, 0.3) is 5.91 Å². The molecule has 0 saturated carbocycles. The van der Waals surface area contributed by atoms with Crippen LogP contribution in [0.2, 0.25) is 0 Å². The summed E-state index contributed by atoms with van der Waals surface area (Å²) in [5.41, 5.74) is 3.48. The molecule has 0 atom stereocenters. The molecule has 1 aromatic heterocycles. The van der Waals surface area contributed by atoms with Crippen molar-refractivity contribution in [3.63, 3.8) is 0 Å². The summed E-state index contributed by atoms with van der Waals surface area (Å²) < 4.78 is 0. The number of thiazole rings is 1. The lowest BCUT2D eigenvalue weighted by atomic mass is 10.1. The normalized spacial score (nSPS) is 10.7. The number of hydrogen-bond donors (Lipinski definition) is 1. The van der Waals surface area contributed by atoms with Crippen LogP contribution >= 0.6 is 11.3 Å². The molecule has 0 aliphatic rings. The molecule has 0 spiro atoms. The smallest absolute Gasteiger partial charge is 0.263 e. The topological polar surface area (TPSA) is 42.0 Å². The third-order valence-electron chi connectivity index (χ3n) is 2.83. The number of aromatic nitrogens is 1. The summed E-state index contributed by atoms with van der Waals surface area (Å²) in [5, 5.41) is 2.96. The largest absolute Gasteiger partial charge is 0.351 e. The molecular formula is C15H18N2OS. The van der Waals surface area contributed by atoms with Gasteiger partial charge in [0, 0.05) is 12.1 Å². The summed E-state index contributed by atoms with van der Waals surface area (Å²) in [5.74, 6) is 0.567. The molecule has 1 amide bonds. The van der Waals surface area contributed by atoms with Crippen molar-refractivity contribution in [3.8, 4) is 11.3 Å². The highest BCUT2D eigenvalue weighted by atomic mass is 32.1. The number of carbonyl (C=O) groups is 1. The van der Waals surface area contributed by atoms with E-state index in [0.29, 0.717) is 17.3 Å². The second-order valence-corrected chi connectivity index (χ2v) is 5.69. The van der Waals surface area contributed by atoms with Crippen molar-refractivity contribution in [1.82, 2.24) is 10.3 Å². The minimum atomic E-state index is -0.0259. The van der Waals surface area contributed by atoms with Gasteiger partial charge in [-0.1, -0.05) is 44.2 Å². The van der Waals surface area contributed by atoms with E-state index in [1.54, 1.807) is 5.51 Å². The summed E-state index contributed by atoms with van der Waals surface area (Å²) in [6, 6.07) is 9.81. The Morgan fingerprint density at radius 3 is 2.74 bits per heavy atom. The lowest BCUT2D eigenvalue weighted by Gasteiger charge is -2.07. The van der Waals surface area contributed by atoms with E-state index in [9.17, 15) is 4.79 Å². The third kappa shape index (κ3) is 3.64. The van der Waals surface area contributed by atoms with Gasteiger partial charge in [-0.25, -0.2) is 4.98 Å². The maximum Gasteiger partial charge on any atom is 0.263 e. The number of benzene rings is 1. The van der Waals surface area contributed by atoms with Gasteiger partial charge in [0.05, 0.1) is 11.2 Å². The maximum atomic E-state index is 12.1. The Kier molecular flexibility index (Phi) is 4.68. The summed E-state index contributed by atoms with van der Waals surface area (Å²) >= 11 is 1.39. The molecule has 0 bridgehead atoms. The van der Waals surface area contributed by atoms with Crippen LogP contribution in [-0.4, -0.2) is 17.4 Å². The number of amides is 1. The van der Waals surface area contributed by atoms with Gasteiger partial charge in [-0.3, -0.25) is 4.79 Å². The fourth-order valence-corrected chi connectivity index (χ4v) is 2.49. The Bertz CT molecular complexity index is 534. The number of nitrogens with zero attached hydrogens (tertiary/aromatic N) is 1. The zero-order valence-corrected chi connectivity index (χ0v) is 12.0. The van der Waals surface area contributed by atoms with Crippen molar-refractivity contribution < 1.29 is 4.79 Å². The second-order valence-electron chi connectivity index (χ2n) is 4.83. The van der Waals surface area contributed by atoms with Gasteiger partial charge in [-0.2, -0.15) is 0 Å². The molecule has 1 heterocycles. The minimum absolute atomic E-state index is 0.0259. The Hall–Kier alpha value is -1.68. The van der Waals surface area contributed by atoms with Crippen LogP contribution in [0.25, 0.3) is 11.3 Å². The highest BCUT2D eigenvalue weighted by Gasteiger charge is 2.15. The number of nitrogens with one attached hydrogen (secondary N) is 1. The molecule has 3 nitrogen and oxygen atoms in total. The first-order chi connectivity index (χ1) is 9.18. The summed E-state index contributed by atoms with van der Waals surface area (Å²) in [7, 11) is 0. The third-order valence-corrected chi connectivity index (χ3v) is 3.65. The van der Waals surface area contributed by atoms with E-state index in [-0.39, 0.29) is 5.91 Å². The van der Waals surface area contributed by atoms with Crippen LogP contribution < -0.4 is 5.32 Å². The summed E-state index contributed by atoms with van der Waals surface area (Å²) in [6.07, 6.45) is 0.991. The van der Waals surface area contributed by atoms with Gasteiger partial charge in [0.15, 0.2) is 0 Å². The van der Waals surface area contributed by atoms with Crippen molar-refractivity contribution in [3.05, 3.63) is 40.7 Å². The first-order valence-electron chi connectivity index (χ1n) is 6.45. The Labute approximate surface area is 117 Å². The van der Waals surface area contributed by atoms with Crippen LogP contribution in [0, 0.1) is 5.92 Å². The van der Waals surface area contributed by atoms with Gasteiger partial charge in [0.2, 0.25) is 0 Å². The van der Waals surface area contributed by atoms with Crippen LogP contribution in [0.15, 0.2) is 35.8 Å². The van der Waals surface area contributed by atoms with Crippen LogP contribution in [0.3, 0.4) is 0 Å². The molecular weight excluding hydrogens is 256 g/mol. The molecule has 19 heavy (non-hydrogen) atoms. The van der Waals surface area contributed by atoms with E-state index in [0.717, 1.165) is 17.7 Å². The second kappa shape index (κ2) is 6.48. The number of rotatable bonds is 5. The van der Waals surface area contributed by atoms with Gasteiger partial charge < -0.3 is 5.32 Å². The Morgan fingerprint density at radius 2 is 2.05 bits per heavy atom. The molecule has 1 N–H and O–H groups in total. The van der Waals surface area contributed by atoms with E-state index in [1.165, 1.54) is 11.3 Å². The van der Waals surface area contributed by atoms with E-state index < -0.39 is 0 Å². The predicted molar refractivity (Wildman–Crippen MR) is 79.3 cm³/mol. The zero-order chi connectivity index (χ0) is 13.7. The minimum Gasteiger partial charge on any atom is -0.351 e. The molecule has 0 saturated heterocycles. The molecule has 2 rings (SSSR count). The number of hydrogen-bond acceptors (Lipinski definition) is 3. The average Bonchev–Trinajstić information content (AvgIpc) is 2.88. The molecule has 0 fully saturated rings. The first-order valence-corrected chi connectivity index (χ1v) is 7.33. The van der Waals surface area contributed by atoms with Crippen molar-refractivity contribution in [2.75, 3.05) is 6.54 Å². The van der Waals surface area contributed by atoms with Crippen molar-refractivity contribution in [2.45, 2.75) is 20.3 Å². The van der Waals surface area contributed by atoms with Crippen LogP contribution in [0.4, 0.5) is 0 Å². The maximum absolute atomic E-state index is 12.1. The van der Waals surface area contributed by atoms with Crippen molar-refractivity contribution in [1.29, 1.82) is 0 Å². The van der Waals surface area contributed by atoms with Crippen LogP contribution in [-0.2, 0) is 0 Å². The Balaban J connectivity index is 2.09. The van der Waals surface area contributed by atoms with E-state index in [4.69, 9.17) is 0 Å². The number of carbonyl (C=O) groups excluding carboxylic acids is 1. The summed E-state index contributed by atoms with van der Waals surface area (Å²) in [6.45, 7) is 5.01. The molecule has 4 heteroatoms. The lowest BCUT2D eigenvalue weighted by Crippen LogP contribution is -2.25. The van der Waals surface area contributed by atoms with Crippen LogP contribution in [0.1, 0.15) is 29.9 Å². The van der Waals surface area contributed by atoms with E-state index in [1.807, 2.05) is 30.3 Å². The van der Waals surface area contributed by atoms with Gasteiger partial charge in [-0.05, 0) is 12.3 Å².